The van der Waals surface area contributed by atoms with Crippen molar-refractivity contribution in [3.05, 3.63) is 29.8 Å². The summed E-state index contributed by atoms with van der Waals surface area (Å²) < 4.78 is 26.5. The van der Waals surface area contributed by atoms with Crippen LogP contribution in [0.1, 0.15) is 38.2 Å². The van der Waals surface area contributed by atoms with E-state index in [9.17, 15) is 8.42 Å². The van der Waals surface area contributed by atoms with Crippen LogP contribution in [-0.2, 0) is 16.6 Å². The van der Waals surface area contributed by atoms with Gasteiger partial charge in [-0.1, -0.05) is 25.5 Å². The molecule has 19 heavy (non-hydrogen) atoms. The molecular formula is C14H22N2O2S. The van der Waals surface area contributed by atoms with Gasteiger partial charge in [-0.05, 0) is 37.0 Å². The molecule has 0 aliphatic heterocycles. The van der Waals surface area contributed by atoms with Gasteiger partial charge in [-0.15, -0.1) is 0 Å². The van der Waals surface area contributed by atoms with Crippen LogP contribution in [0.4, 0.5) is 5.69 Å². The van der Waals surface area contributed by atoms with Crippen molar-refractivity contribution < 1.29 is 8.42 Å². The highest BCUT2D eigenvalue weighted by Crippen LogP contribution is 2.34. The van der Waals surface area contributed by atoms with Gasteiger partial charge in [0.25, 0.3) is 0 Å². The lowest BCUT2D eigenvalue weighted by atomic mass is 10.2. The summed E-state index contributed by atoms with van der Waals surface area (Å²) in [4.78, 5) is 0. The zero-order valence-corrected chi connectivity index (χ0v) is 12.2. The highest BCUT2D eigenvalue weighted by atomic mass is 32.2. The van der Waals surface area contributed by atoms with Gasteiger partial charge in [-0.3, -0.25) is 4.31 Å². The Morgan fingerprint density at radius 1 is 1.26 bits per heavy atom. The Bertz CT molecular complexity index is 507. The summed E-state index contributed by atoms with van der Waals surface area (Å²) in [5, 5.41) is 0. The number of benzene rings is 1. The number of nitrogens with two attached hydrogens (primary N) is 1. The molecule has 0 heterocycles. The summed E-state index contributed by atoms with van der Waals surface area (Å²) in [7, 11) is -3.19. The maximum Gasteiger partial charge on any atom is 0.235 e. The molecule has 0 aromatic heterocycles. The fraction of sp³-hybridized carbons (Fsp3) is 0.571. The van der Waals surface area contributed by atoms with Crippen LogP contribution in [0.25, 0.3) is 0 Å². The Hall–Kier alpha value is -1.07. The van der Waals surface area contributed by atoms with E-state index in [2.05, 4.69) is 0 Å². The maximum atomic E-state index is 12.4. The largest absolute Gasteiger partial charge is 0.326 e. The first kappa shape index (κ1) is 14.3. The first-order valence-electron chi connectivity index (χ1n) is 6.89. The molecule has 1 aromatic carbocycles. The van der Waals surface area contributed by atoms with E-state index >= 15 is 0 Å². The Morgan fingerprint density at radius 3 is 2.37 bits per heavy atom. The molecule has 2 N–H and O–H groups in total. The van der Waals surface area contributed by atoms with Crippen LogP contribution < -0.4 is 10.0 Å². The van der Waals surface area contributed by atoms with Crippen molar-refractivity contribution in [3.63, 3.8) is 0 Å². The molecule has 0 unspecified atom stereocenters. The molecular weight excluding hydrogens is 260 g/mol. The van der Waals surface area contributed by atoms with E-state index in [0.717, 1.165) is 30.5 Å². The van der Waals surface area contributed by atoms with E-state index in [4.69, 9.17) is 5.73 Å². The quantitative estimate of drug-likeness (QED) is 0.834. The standard InChI is InChI=1S/C14H22N2O2S/c1-2-3-10-19(17,18)16(14-8-9-14)13-6-4-12(11-15)5-7-13/h4-7,14H,2-3,8-11,15H2,1H3. The van der Waals surface area contributed by atoms with Crippen LogP contribution in [0.5, 0.6) is 0 Å². The first-order chi connectivity index (χ1) is 9.08. The van der Waals surface area contributed by atoms with Gasteiger partial charge >= 0.3 is 0 Å². The van der Waals surface area contributed by atoms with E-state index < -0.39 is 10.0 Å². The second kappa shape index (κ2) is 5.92. The summed E-state index contributed by atoms with van der Waals surface area (Å²) in [5.41, 5.74) is 7.36. The number of nitrogens with zero attached hydrogens (tertiary/aromatic N) is 1. The van der Waals surface area contributed by atoms with Gasteiger partial charge < -0.3 is 5.73 Å². The molecule has 0 atom stereocenters. The third-order valence-electron chi connectivity index (χ3n) is 3.36. The number of unbranched alkanes of at least 4 members (excludes halogenated alkanes) is 1. The van der Waals surface area contributed by atoms with Crippen molar-refractivity contribution in [2.45, 2.75) is 45.2 Å². The van der Waals surface area contributed by atoms with Gasteiger partial charge in [-0.2, -0.15) is 0 Å². The zero-order chi connectivity index (χ0) is 13.9. The zero-order valence-electron chi connectivity index (χ0n) is 11.4. The predicted molar refractivity (Wildman–Crippen MR) is 78.5 cm³/mol. The fourth-order valence-electron chi connectivity index (χ4n) is 2.11. The van der Waals surface area contributed by atoms with Gasteiger partial charge in [0, 0.05) is 12.6 Å². The average molecular weight is 282 g/mol. The van der Waals surface area contributed by atoms with Crippen molar-refractivity contribution in [1.82, 2.24) is 0 Å². The molecule has 4 nitrogen and oxygen atoms in total. The van der Waals surface area contributed by atoms with Gasteiger partial charge in [0.1, 0.15) is 0 Å². The first-order valence-corrected chi connectivity index (χ1v) is 8.50. The minimum Gasteiger partial charge on any atom is -0.326 e. The lowest BCUT2D eigenvalue weighted by Crippen LogP contribution is -2.35. The van der Waals surface area contributed by atoms with E-state index in [1.165, 1.54) is 0 Å². The molecule has 106 valence electrons. The molecule has 2 rings (SSSR count). The highest BCUT2D eigenvalue weighted by molar-refractivity contribution is 7.92. The Morgan fingerprint density at radius 2 is 1.89 bits per heavy atom. The van der Waals surface area contributed by atoms with Crippen LogP contribution in [0.2, 0.25) is 0 Å². The van der Waals surface area contributed by atoms with Gasteiger partial charge in [-0.25, -0.2) is 8.42 Å². The van der Waals surface area contributed by atoms with Crippen LogP contribution in [0.15, 0.2) is 24.3 Å². The third-order valence-corrected chi connectivity index (χ3v) is 5.27. The van der Waals surface area contributed by atoms with Crippen molar-refractivity contribution in [2.24, 2.45) is 5.73 Å². The van der Waals surface area contributed by atoms with Crippen LogP contribution >= 0.6 is 0 Å². The van der Waals surface area contributed by atoms with E-state index in [0.29, 0.717) is 13.0 Å². The van der Waals surface area contributed by atoms with Crippen LogP contribution in [-0.4, -0.2) is 20.2 Å². The molecule has 0 radical (unpaired) electrons. The monoisotopic (exact) mass is 282 g/mol. The van der Waals surface area contributed by atoms with E-state index in [-0.39, 0.29) is 11.8 Å². The molecule has 0 amide bonds. The topological polar surface area (TPSA) is 63.4 Å². The summed E-state index contributed by atoms with van der Waals surface area (Å²) in [6.07, 6.45) is 3.53. The van der Waals surface area contributed by atoms with Gasteiger partial charge in [0.05, 0.1) is 11.4 Å². The van der Waals surface area contributed by atoms with Crippen molar-refractivity contribution in [3.8, 4) is 0 Å². The van der Waals surface area contributed by atoms with Crippen molar-refractivity contribution in [1.29, 1.82) is 0 Å². The molecule has 5 heteroatoms. The number of sulfonamides is 1. The van der Waals surface area contributed by atoms with Gasteiger partial charge in [0.15, 0.2) is 0 Å². The summed E-state index contributed by atoms with van der Waals surface area (Å²) >= 11 is 0. The summed E-state index contributed by atoms with van der Waals surface area (Å²) in [5.74, 6) is 0.235. The van der Waals surface area contributed by atoms with Crippen LogP contribution in [0, 0.1) is 0 Å². The Balaban J connectivity index is 2.24. The molecule has 0 saturated heterocycles. The Labute approximate surface area is 115 Å². The van der Waals surface area contributed by atoms with Crippen molar-refractivity contribution in [2.75, 3.05) is 10.1 Å². The van der Waals surface area contributed by atoms with Crippen molar-refractivity contribution >= 4 is 15.7 Å². The second-order valence-electron chi connectivity index (χ2n) is 5.07. The molecule has 1 aliphatic rings. The summed E-state index contributed by atoms with van der Waals surface area (Å²) in [6.45, 7) is 2.49. The lowest BCUT2D eigenvalue weighted by molar-refractivity contribution is 0.587. The number of anilines is 1. The highest BCUT2D eigenvalue weighted by Gasteiger charge is 2.36. The number of rotatable bonds is 7. The molecule has 1 fully saturated rings. The molecule has 1 aliphatic carbocycles. The minimum atomic E-state index is -3.19. The minimum absolute atomic E-state index is 0.158. The smallest absolute Gasteiger partial charge is 0.235 e. The lowest BCUT2D eigenvalue weighted by Gasteiger charge is -2.24. The second-order valence-corrected chi connectivity index (χ2v) is 7.03. The molecule has 1 saturated carbocycles. The molecule has 1 aromatic rings. The third kappa shape index (κ3) is 3.48. The molecule has 0 spiro atoms. The number of hydrogen-bond donors (Lipinski definition) is 1. The fourth-order valence-corrected chi connectivity index (χ4v) is 4.07. The maximum absolute atomic E-state index is 12.4. The van der Waals surface area contributed by atoms with Crippen LogP contribution in [0.3, 0.4) is 0 Å². The molecule has 0 bridgehead atoms. The van der Waals surface area contributed by atoms with Gasteiger partial charge in [0.2, 0.25) is 10.0 Å². The Kier molecular flexibility index (Phi) is 4.47. The summed E-state index contributed by atoms with van der Waals surface area (Å²) in [6, 6.07) is 7.69. The normalized spacial score (nSPS) is 15.5. The van der Waals surface area contributed by atoms with E-state index in [1.54, 1.807) is 4.31 Å². The average Bonchev–Trinajstić information content (AvgIpc) is 3.22. The predicted octanol–water partition coefficient (Wildman–Crippen LogP) is 2.24. The number of hydrogen-bond acceptors (Lipinski definition) is 3. The SMILES string of the molecule is CCCCS(=O)(=O)N(c1ccc(CN)cc1)C1CC1. The van der Waals surface area contributed by atoms with E-state index in [1.807, 2.05) is 31.2 Å².